The Labute approximate surface area is 119 Å². The van der Waals surface area contributed by atoms with Crippen LogP contribution in [0.1, 0.15) is 21.1 Å². The molecule has 19 heavy (non-hydrogen) atoms. The van der Waals surface area contributed by atoms with Gasteiger partial charge >= 0.3 is 0 Å². The van der Waals surface area contributed by atoms with Crippen molar-refractivity contribution in [3.63, 3.8) is 0 Å². The summed E-state index contributed by atoms with van der Waals surface area (Å²) in [5.74, 6) is -0.985. The molecular formula is C13H12ClFN2OS. The molecule has 0 saturated heterocycles. The third-order valence-electron chi connectivity index (χ3n) is 2.57. The number of nitrogens with zero attached hydrogens (tertiary/aromatic N) is 2. The van der Waals surface area contributed by atoms with E-state index in [-0.39, 0.29) is 5.56 Å². The molecule has 0 fully saturated rings. The Balaban J connectivity index is 2.16. The minimum atomic E-state index is -0.573. The van der Waals surface area contributed by atoms with Crippen molar-refractivity contribution >= 4 is 28.8 Å². The lowest BCUT2D eigenvalue weighted by molar-refractivity contribution is 0.0779. The van der Waals surface area contributed by atoms with Crippen molar-refractivity contribution in [2.24, 2.45) is 0 Å². The maximum Gasteiger partial charge on any atom is 0.256 e. The molecule has 0 aliphatic heterocycles. The Morgan fingerprint density at radius 2 is 2.26 bits per heavy atom. The fourth-order valence-corrected chi connectivity index (χ4v) is 2.44. The van der Waals surface area contributed by atoms with Gasteiger partial charge in [0, 0.05) is 17.5 Å². The molecule has 0 radical (unpaired) electrons. The van der Waals surface area contributed by atoms with Gasteiger partial charge in [0.15, 0.2) is 0 Å². The maximum atomic E-state index is 13.6. The Morgan fingerprint density at radius 1 is 1.53 bits per heavy atom. The molecule has 1 aromatic carbocycles. The van der Waals surface area contributed by atoms with Gasteiger partial charge in [-0.25, -0.2) is 9.37 Å². The standard InChI is InChI=1S/C13H12ClFN2OS/c1-8-16-10(7-19-8)6-17(2)13(18)11-5-9(14)3-4-12(11)15/h3-5,7H,6H2,1-2H3. The van der Waals surface area contributed by atoms with Crippen LogP contribution < -0.4 is 0 Å². The van der Waals surface area contributed by atoms with Gasteiger partial charge in [-0.3, -0.25) is 4.79 Å². The summed E-state index contributed by atoms with van der Waals surface area (Å²) in [5, 5.41) is 3.15. The second kappa shape index (κ2) is 5.67. The molecule has 100 valence electrons. The van der Waals surface area contributed by atoms with Crippen molar-refractivity contribution in [1.29, 1.82) is 0 Å². The highest BCUT2D eigenvalue weighted by Gasteiger charge is 2.17. The molecule has 0 atom stereocenters. The first kappa shape index (κ1) is 14.0. The fraction of sp³-hybridized carbons (Fsp3) is 0.231. The van der Waals surface area contributed by atoms with E-state index in [4.69, 9.17) is 11.6 Å². The number of aryl methyl sites for hydroxylation is 1. The van der Waals surface area contributed by atoms with E-state index in [9.17, 15) is 9.18 Å². The van der Waals surface area contributed by atoms with Crippen molar-refractivity contribution in [1.82, 2.24) is 9.88 Å². The normalized spacial score (nSPS) is 10.5. The van der Waals surface area contributed by atoms with Gasteiger partial charge in [0.25, 0.3) is 5.91 Å². The molecule has 0 unspecified atom stereocenters. The Morgan fingerprint density at radius 3 is 2.89 bits per heavy atom. The Kier molecular flexibility index (Phi) is 4.17. The topological polar surface area (TPSA) is 33.2 Å². The molecule has 0 N–H and O–H groups in total. The van der Waals surface area contributed by atoms with E-state index in [0.29, 0.717) is 11.6 Å². The monoisotopic (exact) mass is 298 g/mol. The lowest BCUT2D eigenvalue weighted by Crippen LogP contribution is -2.27. The number of hydrogen-bond donors (Lipinski definition) is 0. The molecule has 6 heteroatoms. The van der Waals surface area contributed by atoms with Crippen LogP contribution in [0.15, 0.2) is 23.6 Å². The van der Waals surface area contributed by atoms with Gasteiger partial charge < -0.3 is 4.90 Å². The molecule has 2 rings (SSSR count). The van der Waals surface area contributed by atoms with Crippen LogP contribution >= 0.6 is 22.9 Å². The van der Waals surface area contributed by atoms with Crippen LogP contribution in [0.25, 0.3) is 0 Å². The number of aromatic nitrogens is 1. The SMILES string of the molecule is Cc1nc(CN(C)C(=O)c2cc(Cl)ccc2F)cs1. The number of benzene rings is 1. The smallest absolute Gasteiger partial charge is 0.256 e. The molecule has 0 aliphatic rings. The second-order valence-corrected chi connectivity index (χ2v) is 5.64. The van der Waals surface area contributed by atoms with Crippen molar-refractivity contribution < 1.29 is 9.18 Å². The van der Waals surface area contributed by atoms with E-state index in [1.54, 1.807) is 7.05 Å². The zero-order chi connectivity index (χ0) is 14.0. The van der Waals surface area contributed by atoms with Gasteiger partial charge in [0.05, 0.1) is 22.8 Å². The quantitative estimate of drug-likeness (QED) is 0.868. The molecule has 0 bridgehead atoms. The summed E-state index contributed by atoms with van der Waals surface area (Å²) in [6, 6.07) is 3.94. The third-order valence-corrected chi connectivity index (χ3v) is 3.63. The number of thiazole rings is 1. The van der Waals surface area contributed by atoms with Gasteiger partial charge in [-0.2, -0.15) is 0 Å². The summed E-state index contributed by atoms with van der Waals surface area (Å²) < 4.78 is 13.6. The van der Waals surface area contributed by atoms with Crippen LogP contribution in [0.4, 0.5) is 4.39 Å². The van der Waals surface area contributed by atoms with Crippen molar-refractivity contribution in [3.05, 3.63) is 50.7 Å². The summed E-state index contributed by atoms with van der Waals surface area (Å²) in [5.41, 5.74) is 0.766. The van der Waals surface area contributed by atoms with Gasteiger partial charge in [-0.05, 0) is 25.1 Å². The zero-order valence-electron chi connectivity index (χ0n) is 10.5. The third kappa shape index (κ3) is 3.30. The number of carbonyl (C=O) groups is 1. The average molecular weight is 299 g/mol. The van der Waals surface area contributed by atoms with Crippen LogP contribution in [0.5, 0.6) is 0 Å². The molecule has 1 amide bonds. The lowest BCUT2D eigenvalue weighted by atomic mass is 10.2. The van der Waals surface area contributed by atoms with E-state index in [2.05, 4.69) is 4.98 Å². The van der Waals surface area contributed by atoms with Gasteiger partial charge in [-0.1, -0.05) is 11.6 Å². The molecule has 1 heterocycles. The van der Waals surface area contributed by atoms with Gasteiger partial charge in [-0.15, -0.1) is 11.3 Å². The van der Waals surface area contributed by atoms with E-state index < -0.39 is 11.7 Å². The predicted octanol–water partition coefficient (Wildman–Crippen LogP) is 3.52. The van der Waals surface area contributed by atoms with Gasteiger partial charge in [0.1, 0.15) is 5.82 Å². The van der Waals surface area contributed by atoms with E-state index >= 15 is 0 Å². The maximum absolute atomic E-state index is 13.6. The van der Waals surface area contributed by atoms with E-state index in [1.165, 1.54) is 34.4 Å². The van der Waals surface area contributed by atoms with Crippen molar-refractivity contribution in [2.75, 3.05) is 7.05 Å². The number of rotatable bonds is 3. The number of carbonyl (C=O) groups excluding carboxylic acids is 1. The van der Waals surface area contributed by atoms with E-state index in [1.807, 2.05) is 12.3 Å². The average Bonchev–Trinajstić information content (AvgIpc) is 2.77. The predicted molar refractivity (Wildman–Crippen MR) is 74.1 cm³/mol. The Bertz CT molecular complexity index is 614. The number of amides is 1. The molecule has 0 aliphatic carbocycles. The highest BCUT2D eigenvalue weighted by Crippen LogP contribution is 2.17. The van der Waals surface area contributed by atoms with Crippen molar-refractivity contribution in [3.8, 4) is 0 Å². The zero-order valence-corrected chi connectivity index (χ0v) is 12.1. The first-order valence-corrected chi connectivity index (χ1v) is 6.84. The summed E-state index contributed by atoms with van der Waals surface area (Å²) >= 11 is 7.30. The number of halogens is 2. The van der Waals surface area contributed by atoms with Crippen LogP contribution in [-0.4, -0.2) is 22.8 Å². The molecule has 1 aromatic heterocycles. The fourth-order valence-electron chi connectivity index (χ4n) is 1.66. The summed E-state index contributed by atoms with van der Waals surface area (Å²) in [4.78, 5) is 17.8. The molecule has 2 aromatic rings. The van der Waals surface area contributed by atoms with Crippen LogP contribution in [0.3, 0.4) is 0 Å². The molecular weight excluding hydrogens is 287 g/mol. The summed E-state index contributed by atoms with van der Waals surface area (Å²) in [7, 11) is 1.61. The molecule has 0 spiro atoms. The first-order valence-electron chi connectivity index (χ1n) is 5.59. The Hall–Kier alpha value is -1.46. The summed E-state index contributed by atoms with van der Waals surface area (Å²) in [6.07, 6.45) is 0. The highest BCUT2D eigenvalue weighted by atomic mass is 35.5. The first-order chi connectivity index (χ1) is 8.97. The highest BCUT2D eigenvalue weighted by molar-refractivity contribution is 7.09. The molecule has 0 saturated carbocycles. The van der Waals surface area contributed by atoms with Gasteiger partial charge in [0.2, 0.25) is 0 Å². The van der Waals surface area contributed by atoms with Crippen molar-refractivity contribution in [2.45, 2.75) is 13.5 Å². The molecule has 3 nitrogen and oxygen atoms in total. The van der Waals surface area contributed by atoms with Crippen LogP contribution in [0, 0.1) is 12.7 Å². The second-order valence-electron chi connectivity index (χ2n) is 4.14. The lowest BCUT2D eigenvalue weighted by Gasteiger charge is -2.16. The minimum absolute atomic E-state index is 0.0260. The van der Waals surface area contributed by atoms with Crippen LogP contribution in [0.2, 0.25) is 5.02 Å². The van der Waals surface area contributed by atoms with E-state index in [0.717, 1.165) is 10.7 Å². The minimum Gasteiger partial charge on any atom is -0.336 e. The summed E-state index contributed by atoms with van der Waals surface area (Å²) in [6.45, 7) is 2.24. The number of hydrogen-bond acceptors (Lipinski definition) is 3. The van der Waals surface area contributed by atoms with Crippen LogP contribution in [-0.2, 0) is 6.54 Å². The largest absolute Gasteiger partial charge is 0.336 e.